The molecule has 1 aliphatic rings. The van der Waals surface area contributed by atoms with Crippen molar-refractivity contribution in [1.82, 2.24) is 10.1 Å². The average Bonchev–Trinajstić information content (AvgIpc) is 2.76. The maximum Gasteiger partial charge on any atom is 0.439 e. The number of aromatic amines is 1. The number of cyclic esters (lactones) is 1. The maximum absolute atomic E-state index is 11.5. The van der Waals surface area contributed by atoms with Gasteiger partial charge in [-0.2, -0.15) is 0 Å². The molecule has 0 saturated carbocycles. The molecule has 1 aliphatic heterocycles. The van der Waals surface area contributed by atoms with Crippen molar-refractivity contribution < 1.29 is 14.1 Å². The van der Waals surface area contributed by atoms with Gasteiger partial charge in [-0.05, 0) is 11.6 Å². The second kappa shape index (κ2) is 3.58. The normalized spacial score (nSPS) is 14.2. The zero-order valence-electron chi connectivity index (χ0n) is 8.73. The fourth-order valence-corrected chi connectivity index (χ4v) is 1.94. The van der Waals surface area contributed by atoms with E-state index >= 15 is 0 Å². The van der Waals surface area contributed by atoms with Crippen LogP contribution < -0.4 is 5.76 Å². The topological polar surface area (TPSA) is 85.2 Å². The second-order valence-electron chi connectivity index (χ2n) is 3.66. The molecule has 86 valence electrons. The highest BCUT2D eigenvalue weighted by atomic mass is 16.5. The molecule has 6 nitrogen and oxygen atoms in total. The minimum Gasteiger partial charge on any atom is -0.462 e. The van der Waals surface area contributed by atoms with Gasteiger partial charge in [0.15, 0.2) is 5.82 Å². The van der Waals surface area contributed by atoms with Crippen molar-refractivity contribution in [3.8, 4) is 11.4 Å². The van der Waals surface area contributed by atoms with E-state index in [1.807, 2.05) is 0 Å². The highest BCUT2D eigenvalue weighted by Crippen LogP contribution is 2.26. The summed E-state index contributed by atoms with van der Waals surface area (Å²) in [6, 6.07) is 5.19. The van der Waals surface area contributed by atoms with E-state index in [2.05, 4.69) is 14.7 Å². The monoisotopic (exact) mass is 232 g/mol. The van der Waals surface area contributed by atoms with Crippen molar-refractivity contribution in [2.45, 2.75) is 6.42 Å². The summed E-state index contributed by atoms with van der Waals surface area (Å²) in [5, 5.41) is 3.62. The van der Waals surface area contributed by atoms with E-state index < -0.39 is 5.76 Å². The van der Waals surface area contributed by atoms with Crippen molar-refractivity contribution >= 4 is 5.97 Å². The Morgan fingerprint density at radius 3 is 2.82 bits per heavy atom. The van der Waals surface area contributed by atoms with Crippen LogP contribution >= 0.6 is 0 Å². The number of rotatable bonds is 1. The molecule has 1 aromatic carbocycles. The Balaban J connectivity index is 2.21. The van der Waals surface area contributed by atoms with Crippen LogP contribution in [0.25, 0.3) is 11.4 Å². The Morgan fingerprint density at radius 2 is 2.06 bits per heavy atom. The van der Waals surface area contributed by atoms with Gasteiger partial charge in [-0.3, -0.25) is 9.51 Å². The Bertz CT molecular complexity index is 641. The Morgan fingerprint density at radius 1 is 1.24 bits per heavy atom. The van der Waals surface area contributed by atoms with Crippen molar-refractivity contribution in [2.75, 3.05) is 6.61 Å². The molecule has 0 saturated heterocycles. The average molecular weight is 232 g/mol. The van der Waals surface area contributed by atoms with Gasteiger partial charge in [-0.1, -0.05) is 17.3 Å². The Labute approximate surface area is 95.2 Å². The molecular formula is C11H8N2O4. The first-order valence-corrected chi connectivity index (χ1v) is 5.11. The summed E-state index contributed by atoms with van der Waals surface area (Å²) in [7, 11) is 0. The molecule has 0 fully saturated rings. The highest BCUT2D eigenvalue weighted by molar-refractivity contribution is 5.94. The third-order valence-corrected chi connectivity index (χ3v) is 2.68. The van der Waals surface area contributed by atoms with Gasteiger partial charge in [0.1, 0.15) is 0 Å². The van der Waals surface area contributed by atoms with E-state index in [4.69, 9.17) is 4.74 Å². The summed E-state index contributed by atoms with van der Waals surface area (Å²) < 4.78 is 9.41. The number of carbonyl (C=O) groups excluding carboxylic acids is 1. The fraction of sp³-hybridized carbons (Fsp3) is 0.182. The van der Waals surface area contributed by atoms with E-state index in [-0.39, 0.29) is 5.97 Å². The largest absolute Gasteiger partial charge is 0.462 e. The lowest BCUT2D eigenvalue weighted by Crippen LogP contribution is -2.18. The molecule has 0 atom stereocenters. The third kappa shape index (κ3) is 1.54. The number of benzene rings is 1. The first-order valence-electron chi connectivity index (χ1n) is 5.11. The zero-order chi connectivity index (χ0) is 11.8. The molecule has 0 unspecified atom stereocenters. The lowest BCUT2D eigenvalue weighted by atomic mass is 9.96. The standard InChI is InChI=1S/C11H8N2O4/c14-10-8-3-1-2-7(6(8)4-5-16-10)9-12-11(15)17-13-9/h1-3H,4-5H2,(H,12,13,15). The molecule has 17 heavy (non-hydrogen) atoms. The first kappa shape index (κ1) is 9.83. The molecule has 1 N–H and O–H groups in total. The molecule has 2 heterocycles. The van der Waals surface area contributed by atoms with Gasteiger partial charge in [-0.15, -0.1) is 0 Å². The van der Waals surface area contributed by atoms with Crippen LogP contribution in [0.1, 0.15) is 15.9 Å². The molecule has 0 bridgehead atoms. The SMILES string of the molecule is O=C1OCCc2c1cccc2-c1noc(=O)[nH]1. The summed E-state index contributed by atoms with van der Waals surface area (Å²) in [5.41, 5.74) is 2.04. The molecule has 0 radical (unpaired) electrons. The predicted octanol–water partition coefficient (Wildman–Crippen LogP) is 0.743. The van der Waals surface area contributed by atoms with E-state index in [9.17, 15) is 9.59 Å². The molecule has 0 amide bonds. The molecular weight excluding hydrogens is 224 g/mol. The third-order valence-electron chi connectivity index (χ3n) is 2.68. The van der Waals surface area contributed by atoms with E-state index in [0.29, 0.717) is 30.0 Å². The first-order chi connectivity index (χ1) is 8.25. The smallest absolute Gasteiger partial charge is 0.439 e. The number of aromatic nitrogens is 2. The number of nitrogens with one attached hydrogen (secondary N) is 1. The van der Waals surface area contributed by atoms with Gasteiger partial charge in [0.2, 0.25) is 0 Å². The number of carbonyl (C=O) groups is 1. The number of hydrogen-bond donors (Lipinski definition) is 1. The number of fused-ring (bicyclic) bond motifs is 1. The van der Waals surface area contributed by atoms with Crippen molar-refractivity contribution in [1.29, 1.82) is 0 Å². The minimum atomic E-state index is -0.615. The van der Waals surface area contributed by atoms with Crippen LogP contribution in [0.15, 0.2) is 27.5 Å². The van der Waals surface area contributed by atoms with Crippen LogP contribution in [-0.4, -0.2) is 22.7 Å². The molecule has 3 rings (SSSR count). The molecule has 2 aromatic rings. The van der Waals surface area contributed by atoms with E-state index in [0.717, 1.165) is 5.56 Å². The Kier molecular flexibility index (Phi) is 2.07. The van der Waals surface area contributed by atoms with E-state index in [1.165, 1.54) is 0 Å². The molecule has 0 aliphatic carbocycles. The zero-order valence-corrected chi connectivity index (χ0v) is 8.73. The van der Waals surface area contributed by atoms with Gasteiger partial charge in [-0.25, -0.2) is 9.59 Å². The number of nitrogens with zero attached hydrogens (tertiary/aromatic N) is 1. The maximum atomic E-state index is 11.5. The number of esters is 1. The second-order valence-corrected chi connectivity index (χ2v) is 3.66. The predicted molar refractivity (Wildman–Crippen MR) is 56.5 cm³/mol. The lowest BCUT2D eigenvalue weighted by Gasteiger charge is -2.17. The van der Waals surface area contributed by atoms with Gasteiger partial charge in [0, 0.05) is 12.0 Å². The van der Waals surface area contributed by atoms with E-state index in [1.54, 1.807) is 18.2 Å². The van der Waals surface area contributed by atoms with Crippen LogP contribution in [0, 0.1) is 0 Å². The van der Waals surface area contributed by atoms with Crippen LogP contribution in [-0.2, 0) is 11.2 Å². The quantitative estimate of drug-likeness (QED) is 0.733. The summed E-state index contributed by atoms with van der Waals surface area (Å²) in [4.78, 5) is 24.9. The van der Waals surface area contributed by atoms with Crippen LogP contribution in [0.3, 0.4) is 0 Å². The van der Waals surface area contributed by atoms with Crippen molar-refractivity contribution in [3.05, 3.63) is 39.9 Å². The fourth-order valence-electron chi connectivity index (χ4n) is 1.94. The molecule has 0 spiro atoms. The van der Waals surface area contributed by atoms with Crippen molar-refractivity contribution in [3.63, 3.8) is 0 Å². The molecule has 1 aromatic heterocycles. The highest BCUT2D eigenvalue weighted by Gasteiger charge is 2.22. The summed E-state index contributed by atoms with van der Waals surface area (Å²) >= 11 is 0. The van der Waals surface area contributed by atoms with Crippen LogP contribution in [0.4, 0.5) is 0 Å². The van der Waals surface area contributed by atoms with Crippen molar-refractivity contribution in [2.24, 2.45) is 0 Å². The number of hydrogen-bond acceptors (Lipinski definition) is 5. The van der Waals surface area contributed by atoms with Crippen LogP contribution in [0.5, 0.6) is 0 Å². The summed E-state index contributed by atoms with van der Waals surface area (Å²) in [5.74, 6) is -0.628. The number of H-pyrrole nitrogens is 1. The number of ether oxygens (including phenoxy) is 1. The molecule has 6 heteroatoms. The summed E-state index contributed by atoms with van der Waals surface area (Å²) in [6.45, 7) is 0.338. The van der Waals surface area contributed by atoms with Gasteiger partial charge >= 0.3 is 11.7 Å². The van der Waals surface area contributed by atoms with Gasteiger partial charge in [0.05, 0.1) is 12.2 Å². The Hall–Kier alpha value is -2.37. The lowest BCUT2D eigenvalue weighted by molar-refractivity contribution is 0.0480. The van der Waals surface area contributed by atoms with Crippen LogP contribution in [0.2, 0.25) is 0 Å². The summed E-state index contributed by atoms with van der Waals surface area (Å²) in [6.07, 6.45) is 0.603. The minimum absolute atomic E-state index is 0.335. The van der Waals surface area contributed by atoms with Gasteiger partial charge < -0.3 is 4.74 Å². The van der Waals surface area contributed by atoms with Gasteiger partial charge in [0.25, 0.3) is 0 Å².